The highest BCUT2D eigenvalue weighted by Gasteiger charge is 1.94. The van der Waals surface area contributed by atoms with E-state index in [2.05, 4.69) is 20.4 Å². The molecule has 1 heterocycles. The maximum absolute atomic E-state index is 4.88. The second-order valence-corrected chi connectivity index (χ2v) is 2.90. The van der Waals surface area contributed by atoms with Crippen molar-refractivity contribution in [2.24, 2.45) is 0 Å². The van der Waals surface area contributed by atoms with Crippen LogP contribution in [0.5, 0.6) is 0 Å². The monoisotopic (exact) mass is 203 g/mol. The predicted molar refractivity (Wildman–Crippen MR) is 55.1 cm³/mol. The molecule has 0 aliphatic rings. The number of H-pyrrole nitrogens is 1. The number of aromatic amines is 1. The summed E-state index contributed by atoms with van der Waals surface area (Å²) < 4.78 is 2.24. The van der Waals surface area contributed by atoms with Crippen LogP contribution < -0.4 is 0 Å². The molecule has 0 aromatic carbocycles. The number of likely N-dealkylation sites (N-methyl/N-ethyl adjacent to an activating group) is 1. The molecule has 0 radical (unpaired) electrons. The fourth-order valence-electron chi connectivity index (χ4n) is 0.662. The van der Waals surface area contributed by atoms with E-state index in [1.807, 2.05) is 27.9 Å². The van der Waals surface area contributed by atoms with E-state index < -0.39 is 0 Å². The zero-order valence-electron chi connectivity index (χ0n) is 8.61. The lowest BCUT2D eigenvalue weighted by Crippen LogP contribution is -2.19. The van der Waals surface area contributed by atoms with Crippen molar-refractivity contribution in [1.82, 2.24) is 25.1 Å². The Hall–Kier alpha value is -0.750. The molecule has 1 rings (SSSR count). The Bertz CT molecular complexity index is 264. The van der Waals surface area contributed by atoms with Crippen LogP contribution in [0.15, 0.2) is 0 Å². The van der Waals surface area contributed by atoms with Crippen molar-refractivity contribution in [3.05, 3.63) is 4.77 Å². The van der Waals surface area contributed by atoms with Gasteiger partial charge in [-0.3, -0.25) is 0 Å². The maximum Gasteiger partial charge on any atom is 0.238 e. The van der Waals surface area contributed by atoms with Crippen LogP contribution in [0.3, 0.4) is 0 Å². The molecular weight excluding hydrogens is 186 g/mol. The van der Waals surface area contributed by atoms with Gasteiger partial charge in [-0.25, -0.2) is 4.68 Å². The van der Waals surface area contributed by atoms with E-state index in [4.69, 9.17) is 12.2 Å². The number of hydrogen-bond donors (Lipinski definition) is 1. The van der Waals surface area contributed by atoms with Gasteiger partial charge in [0.05, 0.1) is 6.54 Å². The van der Waals surface area contributed by atoms with Crippen molar-refractivity contribution in [2.45, 2.75) is 20.4 Å². The van der Waals surface area contributed by atoms with Crippen LogP contribution in [0.2, 0.25) is 0 Å². The van der Waals surface area contributed by atoms with Crippen LogP contribution in [0, 0.1) is 4.77 Å². The Labute approximate surface area is 83.7 Å². The van der Waals surface area contributed by atoms with E-state index in [0.29, 0.717) is 4.77 Å². The predicted octanol–water partition coefficient (Wildman–Crippen LogP) is 0.923. The summed E-state index contributed by atoms with van der Waals surface area (Å²) in [5.74, 6) is 0. The SMILES string of the molecule is CC.CN(C)CCn1[nH]nnc1=S. The third kappa shape index (κ3) is 4.74. The van der Waals surface area contributed by atoms with Crippen LogP contribution in [0.4, 0.5) is 0 Å². The number of nitrogens with zero attached hydrogens (tertiary/aromatic N) is 4. The van der Waals surface area contributed by atoms with E-state index >= 15 is 0 Å². The first-order valence-electron chi connectivity index (χ1n) is 4.33. The topological polar surface area (TPSA) is 49.7 Å². The van der Waals surface area contributed by atoms with Crippen LogP contribution in [-0.4, -0.2) is 45.7 Å². The lowest BCUT2D eigenvalue weighted by molar-refractivity contribution is 0.369. The highest BCUT2D eigenvalue weighted by atomic mass is 32.1. The fourth-order valence-corrected chi connectivity index (χ4v) is 0.834. The summed E-state index contributed by atoms with van der Waals surface area (Å²) in [6.07, 6.45) is 0. The minimum absolute atomic E-state index is 0.506. The van der Waals surface area contributed by atoms with Gasteiger partial charge in [0.25, 0.3) is 0 Å². The average Bonchev–Trinajstić information content (AvgIpc) is 2.51. The molecule has 0 saturated heterocycles. The number of rotatable bonds is 3. The minimum Gasteiger partial charge on any atom is -0.308 e. The lowest BCUT2D eigenvalue weighted by atomic mass is 10.6. The van der Waals surface area contributed by atoms with Gasteiger partial charge in [0.2, 0.25) is 4.77 Å². The van der Waals surface area contributed by atoms with Gasteiger partial charge in [0, 0.05) is 6.54 Å². The number of nitrogens with one attached hydrogen (secondary N) is 1. The Kier molecular flexibility index (Phi) is 6.34. The molecule has 0 unspecified atom stereocenters. The molecule has 0 atom stereocenters. The van der Waals surface area contributed by atoms with Crippen LogP contribution in [0.1, 0.15) is 13.8 Å². The van der Waals surface area contributed by atoms with Crippen LogP contribution in [-0.2, 0) is 6.54 Å². The molecule has 0 aliphatic heterocycles. The maximum atomic E-state index is 4.88. The summed E-state index contributed by atoms with van der Waals surface area (Å²) in [7, 11) is 4.01. The summed E-state index contributed by atoms with van der Waals surface area (Å²) >= 11 is 4.88. The molecule has 1 aromatic heterocycles. The quantitative estimate of drug-likeness (QED) is 0.742. The van der Waals surface area contributed by atoms with Gasteiger partial charge in [-0.05, 0) is 26.3 Å². The van der Waals surface area contributed by atoms with Crippen molar-refractivity contribution < 1.29 is 0 Å². The largest absolute Gasteiger partial charge is 0.308 e. The van der Waals surface area contributed by atoms with E-state index in [1.165, 1.54) is 0 Å². The highest BCUT2D eigenvalue weighted by molar-refractivity contribution is 7.71. The third-order valence-electron chi connectivity index (χ3n) is 1.30. The fraction of sp³-hybridized carbons (Fsp3) is 0.857. The first-order valence-corrected chi connectivity index (χ1v) is 4.73. The first-order chi connectivity index (χ1) is 6.20. The van der Waals surface area contributed by atoms with Gasteiger partial charge >= 0.3 is 0 Å². The molecule has 1 aromatic rings. The summed E-state index contributed by atoms with van der Waals surface area (Å²) in [6, 6.07) is 0. The Balaban J connectivity index is 0.000000671. The Morgan fingerprint density at radius 2 is 2.08 bits per heavy atom. The van der Waals surface area contributed by atoms with E-state index in [-0.39, 0.29) is 0 Å². The van der Waals surface area contributed by atoms with Crippen LogP contribution >= 0.6 is 12.2 Å². The van der Waals surface area contributed by atoms with Gasteiger partial charge < -0.3 is 4.90 Å². The standard InChI is InChI=1S/C5H11N5S.C2H6/c1-9(2)3-4-10-5(11)6-7-8-10;1-2/h3-4H2,1-2H3,(H,6,8,11);1-2H3. The molecule has 0 saturated carbocycles. The normalized spacial score (nSPS) is 9.62. The molecular formula is C7H17N5S. The summed E-state index contributed by atoms with van der Waals surface area (Å²) in [5, 5.41) is 9.90. The van der Waals surface area contributed by atoms with Crippen molar-refractivity contribution in [3.8, 4) is 0 Å². The van der Waals surface area contributed by atoms with Gasteiger partial charge in [0.15, 0.2) is 0 Å². The van der Waals surface area contributed by atoms with Crippen molar-refractivity contribution in [1.29, 1.82) is 0 Å². The molecule has 76 valence electrons. The smallest absolute Gasteiger partial charge is 0.238 e. The summed E-state index contributed by atoms with van der Waals surface area (Å²) in [5.41, 5.74) is 0. The summed E-state index contributed by atoms with van der Waals surface area (Å²) in [4.78, 5) is 2.07. The van der Waals surface area contributed by atoms with E-state index in [9.17, 15) is 0 Å². The minimum atomic E-state index is 0.506. The molecule has 5 nitrogen and oxygen atoms in total. The number of tetrazole rings is 1. The first kappa shape index (κ1) is 12.2. The van der Waals surface area contributed by atoms with Crippen molar-refractivity contribution >= 4 is 12.2 Å². The molecule has 1 N–H and O–H groups in total. The zero-order chi connectivity index (χ0) is 10.3. The van der Waals surface area contributed by atoms with E-state index in [1.54, 1.807) is 4.68 Å². The second kappa shape index (κ2) is 6.73. The molecule has 6 heteroatoms. The highest BCUT2D eigenvalue weighted by Crippen LogP contribution is 1.84. The Morgan fingerprint density at radius 1 is 1.46 bits per heavy atom. The number of aromatic nitrogens is 4. The second-order valence-electron chi connectivity index (χ2n) is 2.54. The third-order valence-corrected chi connectivity index (χ3v) is 1.60. The molecule has 0 fully saturated rings. The van der Waals surface area contributed by atoms with Gasteiger partial charge in [-0.1, -0.05) is 24.2 Å². The van der Waals surface area contributed by atoms with Gasteiger partial charge in [-0.2, -0.15) is 5.21 Å². The molecule has 0 spiro atoms. The zero-order valence-corrected chi connectivity index (χ0v) is 9.43. The van der Waals surface area contributed by atoms with Crippen LogP contribution in [0.25, 0.3) is 0 Å². The van der Waals surface area contributed by atoms with E-state index in [0.717, 1.165) is 13.1 Å². The molecule has 0 amide bonds. The van der Waals surface area contributed by atoms with Gasteiger partial charge in [0.1, 0.15) is 0 Å². The molecule has 0 bridgehead atoms. The number of hydrogen-bond acceptors (Lipinski definition) is 4. The van der Waals surface area contributed by atoms with Gasteiger partial charge in [-0.15, -0.1) is 0 Å². The van der Waals surface area contributed by atoms with Crippen molar-refractivity contribution in [2.75, 3.05) is 20.6 Å². The Morgan fingerprint density at radius 3 is 2.46 bits per heavy atom. The average molecular weight is 203 g/mol. The molecule has 13 heavy (non-hydrogen) atoms. The summed E-state index contributed by atoms with van der Waals surface area (Å²) in [6.45, 7) is 5.73. The van der Waals surface area contributed by atoms with Crippen molar-refractivity contribution in [3.63, 3.8) is 0 Å². The lowest BCUT2D eigenvalue weighted by Gasteiger charge is -2.07. The molecule has 0 aliphatic carbocycles.